The Balaban J connectivity index is 1.79. The molecule has 7 heteroatoms. The van der Waals surface area contributed by atoms with Crippen LogP contribution in [0.5, 0.6) is 5.75 Å². The van der Waals surface area contributed by atoms with Crippen LogP contribution >= 0.6 is 0 Å². The molecule has 3 rings (SSSR count). The third-order valence-corrected chi connectivity index (χ3v) is 3.33. The predicted molar refractivity (Wildman–Crippen MR) is 89.5 cm³/mol. The van der Waals surface area contributed by atoms with E-state index in [9.17, 15) is 0 Å². The first-order valence-electron chi connectivity index (χ1n) is 7.17. The minimum Gasteiger partial charge on any atom is -0.497 e. The molecule has 1 aromatic heterocycles. The first-order valence-corrected chi connectivity index (χ1v) is 7.17. The van der Waals surface area contributed by atoms with Crippen LogP contribution in [-0.4, -0.2) is 27.3 Å². The Hall–Kier alpha value is -3.66. The topological polar surface area (TPSA) is 88.7 Å². The quantitative estimate of drug-likeness (QED) is 0.778. The summed E-state index contributed by atoms with van der Waals surface area (Å²) in [7, 11) is 1.62. The second-order valence-corrected chi connectivity index (χ2v) is 4.78. The Labute approximate surface area is 138 Å². The number of aromatic nitrogens is 4. The number of ether oxygens (including phenoxy) is 1. The zero-order valence-electron chi connectivity index (χ0n) is 12.9. The van der Waals surface area contributed by atoms with Gasteiger partial charge in [-0.3, -0.25) is 0 Å². The molecule has 0 aliphatic carbocycles. The molecule has 0 saturated heterocycles. The van der Waals surface area contributed by atoms with E-state index in [1.54, 1.807) is 30.1 Å². The van der Waals surface area contributed by atoms with Gasteiger partial charge < -0.3 is 10.1 Å². The molecular weight excluding hydrogens is 304 g/mol. The zero-order chi connectivity index (χ0) is 16.8. The van der Waals surface area contributed by atoms with E-state index in [0.717, 1.165) is 17.1 Å². The van der Waals surface area contributed by atoms with E-state index in [1.165, 1.54) is 0 Å². The molecule has 0 atom stereocenters. The number of rotatable bonds is 5. The highest BCUT2D eigenvalue weighted by Gasteiger charge is 2.05. The van der Waals surface area contributed by atoms with Crippen LogP contribution in [0.4, 0.5) is 5.69 Å². The molecule has 3 aromatic rings. The summed E-state index contributed by atoms with van der Waals surface area (Å²) in [6.45, 7) is 0. The summed E-state index contributed by atoms with van der Waals surface area (Å²) in [4.78, 5) is 0. The lowest BCUT2D eigenvalue weighted by atomic mass is 10.2. The molecular formula is C17H14N6O. The van der Waals surface area contributed by atoms with Crippen molar-refractivity contribution in [3.05, 3.63) is 66.1 Å². The van der Waals surface area contributed by atoms with Gasteiger partial charge in [-0.25, -0.2) is 0 Å². The maximum absolute atomic E-state index is 9.08. The summed E-state index contributed by atoms with van der Waals surface area (Å²) in [6, 6.07) is 16.8. The van der Waals surface area contributed by atoms with Crippen LogP contribution in [0.3, 0.4) is 0 Å². The van der Waals surface area contributed by atoms with Crippen molar-refractivity contribution in [2.24, 2.45) is 0 Å². The van der Waals surface area contributed by atoms with Gasteiger partial charge in [0.05, 0.1) is 24.0 Å². The van der Waals surface area contributed by atoms with Gasteiger partial charge in [0.1, 0.15) is 11.8 Å². The lowest BCUT2D eigenvalue weighted by molar-refractivity contribution is 0.414. The molecule has 0 unspecified atom stereocenters. The second-order valence-electron chi connectivity index (χ2n) is 4.78. The van der Waals surface area contributed by atoms with Crippen molar-refractivity contribution in [2.75, 3.05) is 12.4 Å². The average Bonchev–Trinajstić information content (AvgIpc) is 3.10. The van der Waals surface area contributed by atoms with Crippen molar-refractivity contribution in [1.82, 2.24) is 20.2 Å². The lowest BCUT2D eigenvalue weighted by Gasteiger charge is -2.04. The fourth-order valence-corrected chi connectivity index (χ4v) is 2.12. The molecule has 0 amide bonds. The number of benzene rings is 2. The van der Waals surface area contributed by atoms with Gasteiger partial charge in [-0.15, -0.1) is 5.10 Å². The molecule has 0 aliphatic heterocycles. The van der Waals surface area contributed by atoms with Crippen molar-refractivity contribution in [3.8, 4) is 17.5 Å². The fraction of sp³-hybridized carbons (Fsp3) is 0.0588. The molecule has 0 aliphatic rings. The van der Waals surface area contributed by atoms with Crippen LogP contribution in [-0.2, 0) is 0 Å². The summed E-state index contributed by atoms with van der Waals surface area (Å²) in [5.41, 5.74) is 2.11. The summed E-state index contributed by atoms with van der Waals surface area (Å²) < 4.78 is 6.75. The Bertz CT molecular complexity index is 892. The second kappa shape index (κ2) is 7.07. The van der Waals surface area contributed by atoms with Crippen LogP contribution in [0.25, 0.3) is 11.8 Å². The van der Waals surface area contributed by atoms with Gasteiger partial charge >= 0.3 is 0 Å². The molecule has 2 aromatic carbocycles. The van der Waals surface area contributed by atoms with E-state index in [0.29, 0.717) is 11.4 Å². The highest BCUT2D eigenvalue weighted by molar-refractivity contribution is 5.60. The first-order chi connectivity index (χ1) is 11.8. The normalized spacial score (nSPS) is 10.5. The van der Waals surface area contributed by atoms with Gasteiger partial charge in [-0.05, 0) is 46.8 Å². The molecule has 118 valence electrons. The highest BCUT2D eigenvalue weighted by Crippen LogP contribution is 2.16. The van der Waals surface area contributed by atoms with Crippen LogP contribution in [0, 0.1) is 11.3 Å². The number of nitrogens with zero attached hydrogens (tertiary/aromatic N) is 5. The van der Waals surface area contributed by atoms with Gasteiger partial charge in [-0.1, -0.05) is 12.1 Å². The molecule has 0 bridgehead atoms. The van der Waals surface area contributed by atoms with E-state index in [1.807, 2.05) is 42.5 Å². The number of methoxy groups -OCH3 is 1. The summed E-state index contributed by atoms with van der Waals surface area (Å²) in [5, 5.41) is 23.8. The van der Waals surface area contributed by atoms with Crippen LogP contribution in [0.15, 0.2) is 54.7 Å². The maximum Gasteiger partial charge on any atom is 0.181 e. The monoisotopic (exact) mass is 318 g/mol. The fourth-order valence-electron chi connectivity index (χ4n) is 2.12. The standard InChI is InChI=1S/C17H14N6O/c1-24-15-8-6-14(7-9-15)23-17(20-21-22-23)10-11-19-16-5-3-2-4-13(16)12-18/h2-11,19H,1H3/b11-10-. The minimum absolute atomic E-state index is 0.558. The minimum atomic E-state index is 0.558. The molecule has 0 spiro atoms. The Morgan fingerprint density at radius 2 is 1.96 bits per heavy atom. The van der Waals surface area contributed by atoms with Crippen LogP contribution < -0.4 is 10.1 Å². The third-order valence-electron chi connectivity index (χ3n) is 3.33. The maximum atomic E-state index is 9.08. The van der Waals surface area contributed by atoms with Gasteiger partial charge in [-0.2, -0.15) is 9.94 Å². The zero-order valence-corrected chi connectivity index (χ0v) is 12.9. The molecule has 1 heterocycles. The van der Waals surface area contributed by atoms with E-state index in [4.69, 9.17) is 10.00 Å². The van der Waals surface area contributed by atoms with E-state index < -0.39 is 0 Å². The molecule has 0 fully saturated rings. The van der Waals surface area contributed by atoms with Crippen molar-refractivity contribution in [2.45, 2.75) is 0 Å². The van der Waals surface area contributed by atoms with Crippen LogP contribution in [0.2, 0.25) is 0 Å². The van der Waals surface area contributed by atoms with E-state index >= 15 is 0 Å². The summed E-state index contributed by atoms with van der Waals surface area (Å²) >= 11 is 0. The molecule has 24 heavy (non-hydrogen) atoms. The molecule has 0 radical (unpaired) electrons. The van der Waals surface area contributed by atoms with Crippen molar-refractivity contribution < 1.29 is 4.74 Å². The van der Waals surface area contributed by atoms with Gasteiger partial charge in [0.25, 0.3) is 0 Å². The number of hydrogen-bond donors (Lipinski definition) is 1. The number of tetrazole rings is 1. The van der Waals surface area contributed by atoms with Gasteiger partial charge in [0.2, 0.25) is 0 Å². The lowest BCUT2D eigenvalue weighted by Crippen LogP contribution is -2.00. The smallest absolute Gasteiger partial charge is 0.181 e. The van der Waals surface area contributed by atoms with Crippen LogP contribution in [0.1, 0.15) is 11.4 Å². The highest BCUT2D eigenvalue weighted by atomic mass is 16.5. The Morgan fingerprint density at radius 1 is 1.17 bits per heavy atom. The molecule has 7 nitrogen and oxygen atoms in total. The van der Waals surface area contributed by atoms with Gasteiger partial charge in [0.15, 0.2) is 5.82 Å². The Kier molecular flexibility index (Phi) is 4.49. The number of nitrogens with one attached hydrogen (secondary N) is 1. The third kappa shape index (κ3) is 3.23. The largest absolute Gasteiger partial charge is 0.497 e. The van der Waals surface area contributed by atoms with Gasteiger partial charge in [0, 0.05) is 12.3 Å². The van der Waals surface area contributed by atoms with Crippen molar-refractivity contribution in [1.29, 1.82) is 5.26 Å². The summed E-state index contributed by atoms with van der Waals surface area (Å²) in [5.74, 6) is 1.32. The number of nitriles is 1. The van der Waals surface area contributed by atoms with E-state index in [-0.39, 0.29) is 0 Å². The van der Waals surface area contributed by atoms with Crippen molar-refractivity contribution in [3.63, 3.8) is 0 Å². The number of hydrogen-bond acceptors (Lipinski definition) is 6. The number of para-hydroxylation sites is 1. The van der Waals surface area contributed by atoms with Crippen molar-refractivity contribution >= 4 is 11.8 Å². The molecule has 0 saturated carbocycles. The summed E-state index contributed by atoms with van der Waals surface area (Å²) in [6.07, 6.45) is 3.43. The first kappa shape index (κ1) is 15.2. The number of anilines is 1. The average molecular weight is 318 g/mol. The van der Waals surface area contributed by atoms with E-state index in [2.05, 4.69) is 26.9 Å². The predicted octanol–water partition coefficient (Wildman–Crippen LogP) is 2.63. The SMILES string of the molecule is COc1ccc(-n2nnnc2/C=C\Nc2ccccc2C#N)cc1. The molecule has 1 N–H and O–H groups in total. The Morgan fingerprint density at radius 3 is 2.71 bits per heavy atom.